The van der Waals surface area contributed by atoms with Gasteiger partial charge in [-0.1, -0.05) is 23.2 Å². The number of aromatic nitrogens is 2. The largest absolute Gasteiger partial charge is 0.314 e. The molecule has 0 unspecified atom stereocenters. The summed E-state index contributed by atoms with van der Waals surface area (Å²) in [6, 6.07) is 6.37. The lowest BCUT2D eigenvalue weighted by Crippen LogP contribution is -2.46. The predicted molar refractivity (Wildman–Crippen MR) is 85.2 cm³/mol. The first-order valence-electron chi connectivity index (χ1n) is 6.70. The van der Waals surface area contributed by atoms with E-state index in [0.29, 0.717) is 41.9 Å². The normalized spacial score (nSPS) is 16.8. The number of benzene rings is 1. The average molecular weight is 361 g/mol. The van der Waals surface area contributed by atoms with Crippen molar-refractivity contribution in [1.82, 2.24) is 19.4 Å². The highest BCUT2D eigenvalue weighted by atomic mass is 35.5. The number of sulfonamides is 1. The number of rotatable bonds is 3. The first-order chi connectivity index (χ1) is 10.5. The van der Waals surface area contributed by atoms with Gasteiger partial charge in [-0.05, 0) is 24.3 Å². The summed E-state index contributed by atoms with van der Waals surface area (Å²) >= 11 is 11.9. The van der Waals surface area contributed by atoms with Gasteiger partial charge in [0.1, 0.15) is 0 Å². The van der Waals surface area contributed by atoms with Crippen LogP contribution in [-0.2, 0) is 10.0 Å². The second-order valence-corrected chi connectivity index (χ2v) is 7.53. The third-order valence-corrected chi connectivity index (χ3v) is 6.06. The summed E-state index contributed by atoms with van der Waals surface area (Å²) in [6.45, 7) is 2.16. The summed E-state index contributed by atoms with van der Waals surface area (Å²) in [5, 5.41) is 8.12. The van der Waals surface area contributed by atoms with E-state index in [9.17, 15) is 8.42 Å². The molecule has 1 aliphatic rings. The first kappa shape index (κ1) is 15.8. The van der Waals surface area contributed by atoms with Gasteiger partial charge < -0.3 is 5.32 Å². The molecule has 118 valence electrons. The summed E-state index contributed by atoms with van der Waals surface area (Å²) in [7, 11) is -3.60. The molecule has 0 amide bonds. The molecule has 1 N–H and O–H groups in total. The summed E-state index contributed by atoms with van der Waals surface area (Å²) < 4.78 is 28.4. The van der Waals surface area contributed by atoms with E-state index in [-0.39, 0.29) is 5.03 Å². The third-order valence-electron chi connectivity index (χ3n) is 3.44. The van der Waals surface area contributed by atoms with Gasteiger partial charge in [0.15, 0.2) is 5.03 Å². The molecule has 0 atom stereocenters. The van der Waals surface area contributed by atoms with Crippen molar-refractivity contribution >= 4 is 33.2 Å². The molecule has 0 spiro atoms. The molecule has 6 nitrogen and oxygen atoms in total. The van der Waals surface area contributed by atoms with Gasteiger partial charge in [0, 0.05) is 26.2 Å². The number of hydrogen-bond donors (Lipinski definition) is 1. The van der Waals surface area contributed by atoms with Crippen LogP contribution in [-0.4, -0.2) is 48.7 Å². The lowest BCUT2D eigenvalue weighted by molar-refractivity contribution is 0.358. The predicted octanol–water partition coefficient (Wildman–Crippen LogP) is 1.77. The Labute approximate surface area is 138 Å². The molecule has 1 fully saturated rings. The second kappa shape index (κ2) is 6.17. The minimum atomic E-state index is -3.60. The molecular formula is C13H14Cl2N4O2S. The maximum absolute atomic E-state index is 12.8. The fourth-order valence-electron chi connectivity index (χ4n) is 2.31. The Balaban J connectivity index is 2.02. The number of hydrogen-bond acceptors (Lipinski definition) is 4. The second-order valence-electron chi connectivity index (χ2n) is 4.83. The Hall–Kier alpha value is -1.12. The third kappa shape index (κ3) is 2.87. The zero-order valence-corrected chi connectivity index (χ0v) is 13.9. The smallest absolute Gasteiger partial charge is 0.260 e. The Bertz CT molecular complexity index is 785. The Morgan fingerprint density at radius 1 is 1.09 bits per heavy atom. The summed E-state index contributed by atoms with van der Waals surface area (Å²) in [6.07, 6.45) is 1.46. The molecule has 3 rings (SSSR count). The summed E-state index contributed by atoms with van der Waals surface area (Å²) in [5.74, 6) is 0. The first-order valence-corrected chi connectivity index (χ1v) is 8.90. The quantitative estimate of drug-likeness (QED) is 0.905. The van der Waals surface area contributed by atoms with Gasteiger partial charge in [0.25, 0.3) is 10.0 Å². The van der Waals surface area contributed by atoms with Crippen molar-refractivity contribution in [3.63, 3.8) is 0 Å². The molecule has 0 radical (unpaired) electrons. The molecule has 0 bridgehead atoms. The van der Waals surface area contributed by atoms with Crippen molar-refractivity contribution in [2.45, 2.75) is 5.03 Å². The van der Waals surface area contributed by atoms with E-state index < -0.39 is 10.0 Å². The van der Waals surface area contributed by atoms with E-state index in [1.807, 2.05) is 0 Å². The molecular weight excluding hydrogens is 347 g/mol. The van der Waals surface area contributed by atoms with Crippen molar-refractivity contribution in [3.8, 4) is 5.69 Å². The topological polar surface area (TPSA) is 67.2 Å². The molecule has 0 saturated carbocycles. The van der Waals surface area contributed by atoms with Gasteiger partial charge in [0.05, 0.1) is 21.9 Å². The van der Waals surface area contributed by atoms with Crippen molar-refractivity contribution in [2.24, 2.45) is 0 Å². The highest BCUT2D eigenvalue weighted by Crippen LogP contribution is 2.26. The monoisotopic (exact) mass is 360 g/mol. The van der Waals surface area contributed by atoms with Gasteiger partial charge in [-0.15, -0.1) is 0 Å². The van der Waals surface area contributed by atoms with Crippen molar-refractivity contribution in [2.75, 3.05) is 26.2 Å². The maximum atomic E-state index is 12.8. The Morgan fingerprint density at radius 3 is 2.50 bits per heavy atom. The van der Waals surface area contributed by atoms with Gasteiger partial charge in [-0.25, -0.2) is 13.1 Å². The molecule has 2 heterocycles. The van der Waals surface area contributed by atoms with Crippen LogP contribution in [0.5, 0.6) is 0 Å². The van der Waals surface area contributed by atoms with Gasteiger partial charge in [0.2, 0.25) is 0 Å². The number of nitrogens with zero attached hydrogens (tertiary/aromatic N) is 3. The van der Waals surface area contributed by atoms with Crippen molar-refractivity contribution < 1.29 is 8.42 Å². The minimum absolute atomic E-state index is 0.118. The molecule has 0 aliphatic carbocycles. The SMILES string of the molecule is O=S(=O)(c1ccnn1-c1ccc(Cl)c(Cl)c1)N1CCNCC1. The van der Waals surface area contributed by atoms with Gasteiger partial charge in [-0.3, -0.25) is 0 Å². The number of halogens is 2. The van der Waals surface area contributed by atoms with Crippen LogP contribution in [0.25, 0.3) is 5.69 Å². The van der Waals surface area contributed by atoms with Crippen LogP contribution < -0.4 is 5.32 Å². The average Bonchev–Trinajstić information content (AvgIpc) is 3.01. The standard InChI is InChI=1S/C13H14Cl2N4O2S/c14-11-2-1-10(9-12(11)15)19-13(3-4-17-19)22(20,21)18-7-5-16-6-8-18/h1-4,9,16H,5-8H2. The molecule has 22 heavy (non-hydrogen) atoms. The van der Waals surface area contributed by atoms with Crippen LogP contribution in [0.4, 0.5) is 0 Å². The van der Waals surface area contributed by atoms with E-state index in [2.05, 4.69) is 10.4 Å². The van der Waals surface area contributed by atoms with Crippen LogP contribution in [0, 0.1) is 0 Å². The lowest BCUT2D eigenvalue weighted by Gasteiger charge is -2.26. The van der Waals surface area contributed by atoms with Crippen LogP contribution >= 0.6 is 23.2 Å². The van der Waals surface area contributed by atoms with Crippen molar-refractivity contribution in [3.05, 3.63) is 40.5 Å². The van der Waals surface area contributed by atoms with E-state index in [1.54, 1.807) is 18.2 Å². The molecule has 1 aromatic carbocycles. The van der Waals surface area contributed by atoms with Gasteiger partial charge in [-0.2, -0.15) is 9.40 Å². The van der Waals surface area contributed by atoms with E-state index >= 15 is 0 Å². The maximum Gasteiger partial charge on any atom is 0.260 e. The molecule has 1 saturated heterocycles. The van der Waals surface area contributed by atoms with E-state index in [4.69, 9.17) is 23.2 Å². The van der Waals surface area contributed by atoms with E-state index in [0.717, 1.165) is 0 Å². The molecule has 9 heteroatoms. The Kier molecular flexibility index (Phi) is 4.42. The number of piperazine rings is 1. The van der Waals surface area contributed by atoms with E-state index in [1.165, 1.54) is 21.3 Å². The number of nitrogens with one attached hydrogen (secondary N) is 1. The van der Waals surface area contributed by atoms with Crippen LogP contribution in [0.15, 0.2) is 35.5 Å². The molecule has 1 aliphatic heterocycles. The van der Waals surface area contributed by atoms with Crippen LogP contribution in [0.3, 0.4) is 0 Å². The highest BCUT2D eigenvalue weighted by molar-refractivity contribution is 7.89. The lowest BCUT2D eigenvalue weighted by atomic mass is 10.3. The van der Waals surface area contributed by atoms with Crippen LogP contribution in [0.2, 0.25) is 10.0 Å². The minimum Gasteiger partial charge on any atom is -0.314 e. The summed E-state index contributed by atoms with van der Waals surface area (Å²) in [5.41, 5.74) is 0.549. The zero-order chi connectivity index (χ0) is 15.7. The van der Waals surface area contributed by atoms with Gasteiger partial charge >= 0.3 is 0 Å². The Morgan fingerprint density at radius 2 is 1.82 bits per heavy atom. The fraction of sp³-hybridized carbons (Fsp3) is 0.308. The molecule has 1 aromatic heterocycles. The van der Waals surface area contributed by atoms with Crippen molar-refractivity contribution in [1.29, 1.82) is 0 Å². The van der Waals surface area contributed by atoms with Crippen LogP contribution in [0.1, 0.15) is 0 Å². The highest BCUT2D eigenvalue weighted by Gasteiger charge is 2.29. The zero-order valence-electron chi connectivity index (χ0n) is 11.5. The molecule has 2 aromatic rings. The fourth-order valence-corrected chi connectivity index (χ4v) is 4.14. The summed E-state index contributed by atoms with van der Waals surface area (Å²) in [4.78, 5) is 0.